The highest BCUT2D eigenvalue weighted by molar-refractivity contribution is 6.22. The van der Waals surface area contributed by atoms with E-state index in [1.54, 1.807) is 0 Å². The van der Waals surface area contributed by atoms with E-state index in [0.717, 1.165) is 44.9 Å². The zero-order valence-electron chi connectivity index (χ0n) is 16.5. The SMILES string of the molecule is O=C1C2C(=O)N3CCCC/C=C/CCCCN1C(=O)C(C3=O)C21CCCCC1. The van der Waals surface area contributed by atoms with Gasteiger partial charge in [0.15, 0.2) is 0 Å². The molecule has 5 rings (SSSR count). The first-order chi connectivity index (χ1) is 13.6. The fourth-order valence-corrected chi connectivity index (χ4v) is 5.73. The Morgan fingerprint density at radius 2 is 1.04 bits per heavy atom. The Kier molecular flexibility index (Phi) is 5.39. The molecule has 4 aliphatic heterocycles. The van der Waals surface area contributed by atoms with Gasteiger partial charge in [-0.1, -0.05) is 31.4 Å². The zero-order chi connectivity index (χ0) is 19.7. The summed E-state index contributed by atoms with van der Waals surface area (Å²) >= 11 is 0. The van der Waals surface area contributed by atoms with Crippen LogP contribution in [0.15, 0.2) is 12.2 Å². The van der Waals surface area contributed by atoms with Crippen LogP contribution in [0.1, 0.15) is 70.6 Å². The number of rotatable bonds is 0. The topological polar surface area (TPSA) is 74.8 Å². The molecule has 0 radical (unpaired) electrons. The summed E-state index contributed by atoms with van der Waals surface area (Å²) in [5, 5.41) is 0. The van der Waals surface area contributed by atoms with Crippen LogP contribution in [0.25, 0.3) is 0 Å². The van der Waals surface area contributed by atoms with Crippen molar-refractivity contribution < 1.29 is 19.2 Å². The van der Waals surface area contributed by atoms with Crippen LogP contribution in [0.4, 0.5) is 0 Å². The van der Waals surface area contributed by atoms with Gasteiger partial charge in [-0.15, -0.1) is 0 Å². The van der Waals surface area contributed by atoms with Crippen LogP contribution >= 0.6 is 0 Å². The van der Waals surface area contributed by atoms with Gasteiger partial charge in [0.2, 0.25) is 23.6 Å². The molecule has 4 bridgehead atoms. The summed E-state index contributed by atoms with van der Waals surface area (Å²) in [6.45, 7) is 0.629. The molecule has 0 aromatic rings. The minimum atomic E-state index is -0.851. The van der Waals surface area contributed by atoms with E-state index in [0.29, 0.717) is 38.8 Å². The van der Waals surface area contributed by atoms with Crippen molar-refractivity contribution >= 4 is 23.6 Å². The van der Waals surface area contributed by atoms with Crippen LogP contribution in [0.5, 0.6) is 0 Å². The molecule has 0 aromatic heterocycles. The summed E-state index contributed by atoms with van der Waals surface area (Å²) in [5.41, 5.74) is -0.775. The van der Waals surface area contributed by atoms with Gasteiger partial charge in [-0.2, -0.15) is 0 Å². The third kappa shape index (κ3) is 3.01. The molecule has 0 unspecified atom stereocenters. The molecule has 3 fully saturated rings. The number of piperidine rings is 2. The number of carbonyl (C=O) groups excluding carboxylic acids is 4. The number of hydrogen-bond acceptors (Lipinski definition) is 4. The molecule has 5 aliphatic rings. The smallest absolute Gasteiger partial charge is 0.242 e. The Morgan fingerprint density at radius 1 is 0.607 bits per heavy atom. The average molecular weight is 386 g/mol. The molecule has 0 N–H and O–H groups in total. The molecule has 6 nitrogen and oxygen atoms in total. The number of nitrogens with zero attached hydrogens (tertiary/aromatic N) is 2. The Hall–Kier alpha value is -1.98. The lowest BCUT2D eigenvalue weighted by Gasteiger charge is -2.55. The van der Waals surface area contributed by atoms with Crippen LogP contribution in [0.2, 0.25) is 0 Å². The Morgan fingerprint density at radius 3 is 1.46 bits per heavy atom. The maximum atomic E-state index is 13.4. The van der Waals surface area contributed by atoms with Gasteiger partial charge in [0.05, 0.1) is 0 Å². The third-order valence-corrected chi connectivity index (χ3v) is 7.16. The summed E-state index contributed by atoms with van der Waals surface area (Å²) in [6.07, 6.45) is 13.4. The quantitative estimate of drug-likeness (QED) is 0.364. The molecule has 28 heavy (non-hydrogen) atoms. The van der Waals surface area contributed by atoms with Crippen LogP contribution in [0.3, 0.4) is 0 Å². The zero-order valence-corrected chi connectivity index (χ0v) is 16.5. The second kappa shape index (κ2) is 7.80. The maximum Gasteiger partial charge on any atom is 0.242 e. The molecular weight excluding hydrogens is 356 g/mol. The molecule has 152 valence electrons. The van der Waals surface area contributed by atoms with Gasteiger partial charge in [0.25, 0.3) is 0 Å². The Labute approximate surface area is 166 Å². The van der Waals surface area contributed by atoms with Crippen molar-refractivity contribution in [1.82, 2.24) is 9.80 Å². The summed E-state index contributed by atoms with van der Waals surface area (Å²) in [4.78, 5) is 55.9. The molecule has 0 aromatic carbocycles. The first-order valence-electron chi connectivity index (χ1n) is 10.9. The summed E-state index contributed by atoms with van der Waals surface area (Å²) in [7, 11) is 0. The van der Waals surface area contributed by atoms with Gasteiger partial charge in [-0.3, -0.25) is 29.0 Å². The van der Waals surface area contributed by atoms with E-state index in [2.05, 4.69) is 12.2 Å². The van der Waals surface area contributed by atoms with Crippen molar-refractivity contribution in [1.29, 1.82) is 0 Å². The van der Waals surface area contributed by atoms with Gasteiger partial charge < -0.3 is 0 Å². The van der Waals surface area contributed by atoms with Crippen molar-refractivity contribution in [2.24, 2.45) is 17.3 Å². The lowest BCUT2D eigenvalue weighted by Crippen LogP contribution is -2.72. The molecule has 1 aliphatic carbocycles. The Bertz CT molecular complexity index is 623. The Balaban J connectivity index is 1.73. The van der Waals surface area contributed by atoms with Crippen LogP contribution in [0, 0.1) is 17.3 Å². The van der Waals surface area contributed by atoms with E-state index in [4.69, 9.17) is 0 Å². The van der Waals surface area contributed by atoms with Crippen molar-refractivity contribution in [3.05, 3.63) is 12.2 Å². The maximum absolute atomic E-state index is 13.4. The number of allylic oxidation sites excluding steroid dienone is 2. The minimum Gasteiger partial charge on any atom is -0.281 e. The highest BCUT2D eigenvalue weighted by Gasteiger charge is 2.67. The average Bonchev–Trinajstić information content (AvgIpc) is 2.68. The molecule has 1 saturated carbocycles. The summed E-state index contributed by atoms with van der Waals surface area (Å²) in [5.74, 6) is -3.10. The standard InChI is InChI=1S/C22H30N2O4/c25-18-16-20(27)24-15-11-6-4-2-1-3-5-10-14-23(18)19(26)17(21(24)28)22(16)12-8-7-9-13-22/h1-2,16-17H,3-15H2/b2-1+. The van der Waals surface area contributed by atoms with Crippen molar-refractivity contribution in [2.45, 2.75) is 70.6 Å². The van der Waals surface area contributed by atoms with Gasteiger partial charge in [-0.05, 0) is 51.4 Å². The number of fused-ring (bicyclic) bond motifs is 8. The number of amides is 4. The summed E-state index contributed by atoms with van der Waals surface area (Å²) in [6, 6.07) is 0. The highest BCUT2D eigenvalue weighted by Crippen LogP contribution is 2.55. The van der Waals surface area contributed by atoms with E-state index in [9.17, 15) is 19.2 Å². The van der Waals surface area contributed by atoms with E-state index in [1.165, 1.54) is 9.80 Å². The van der Waals surface area contributed by atoms with Crippen molar-refractivity contribution in [2.75, 3.05) is 13.1 Å². The molecular formula is C22H30N2O4. The number of imide groups is 2. The van der Waals surface area contributed by atoms with Gasteiger partial charge in [0.1, 0.15) is 11.8 Å². The fraction of sp³-hybridized carbons (Fsp3) is 0.727. The highest BCUT2D eigenvalue weighted by atomic mass is 16.2. The first-order valence-corrected chi connectivity index (χ1v) is 10.9. The molecule has 6 heteroatoms. The monoisotopic (exact) mass is 386 g/mol. The van der Waals surface area contributed by atoms with Crippen molar-refractivity contribution in [3.8, 4) is 0 Å². The van der Waals surface area contributed by atoms with E-state index < -0.39 is 17.3 Å². The normalized spacial score (nSPS) is 28.7. The molecule has 1 spiro atoms. The largest absolute Gasteiger partial charge is 0.281 e. The van der Waals surface area contributed by atoms with Crippen molar-refractivity contribution in [3.63, 3.8) is 0 Å². The first kappa shape index (κ1) is 19.3. The van der Waals surface area contributed by atoms with Gasteiger partial charge >= 0.3 is 0 Å². The van der Waals surface area contributed by atoms with Gasteiger partial charge in [0, 0.05) is 18.5 Å². The van der Waals surface area contributed by atoms with E-state index in [1.807, 2.05) is 0 Å². The van der Waals surface area contributed by atoms with Crippen LogP contribution in [-0.4, -0.2) is 46.5 Å². The van der Waals surface area contributed by atoms with E-state index in [-0.39, 0.29) is 23.6 Å². The van der Waals surface area contributed by atoms with E-state index >= 15 is 0 Å². The minimum absolute atomic E-state index is 0.315. The predicted molar refractivity (Wildman–Crippen MR) is 103 cm³/mol. The lowest BCUT2D eigenvalue weighted by atomic mass is 9.54. The molecule has 0 atom stereocenters. The van der Waals surface area contributed by atoms with Crippen LogP contribution < -0.4 is 0 Å². The second-order valence-electron chi connectivity index (χ2n) is 8.78. The molecule has 4 heterocycles. The third-order valence-electron chi connectivity index (χ3n) is 7.16. The molecule has 2 saturated heterocycles. The summed E-state index contributed by atoms with van der Waals surface area (Å²) < 4.78 is 0. The number of hydrogen-bond donors (Lipinski definition) is 0. The van der Waals surface area contributed by atoms with Crippen LogP contribution in [-0.2, 0) is 19.2 Å². The van der Waals surface area contributed by atoms with Gasteiger partial charge in [-0.25, -0.2) is 0 Å². The second-order valence-corrected chi connectivity index (χ2v) is 8.78. The molecule has 4 amide bonds. The predicted octanol–water partition coefficient (Wildman–Crippen LogP) is 2.82. The number of carbonyl (C=O) groups is 4. The lowest BCUT2D eigenvalue weighted by molar-refractivity contribution is -0.189. The fourth-order valence-electron chi connectivity index (χ4n) is 5.73.